The van der Waals surface area contributed by atoms with Crippen molar-refractivity contribution in [3.8, 4) is 5.75 Å². The number of methoxy groups -OCH3 is 1. The molecule has 90 valence electrons. The van der Waals surface area contributed by atoms with Crippen LogP contribution < -0.4 is 10.1 Å². The highest BCUT2D eigenvalue weighted by molar-refractivity contribution is 7.09. The number of aryl methyl sites for hydroxylation is 2. The summed E-state index contributed by atoms with van der Waals surface area (Å²) in [6, 6.07) is 6.12. The van der Waals surface area contributed by atoms with E-state index in [9.17, 15) is 0 Å². The van der Waals surface area contributed by atoms with Crippen LogP contribution in [0.15, 0.2) is 23.7 Å². The van der Waals surface area contributed by atoms with Crippen LogP contribution in [-0.4, -0.2) is 12.1 Å². The van der Waals surface area contributed by atoms with Crippen molar-refractivity contribution in [3.05, 3.63) is 39.8 Å². The van der Waals surface area contributed by atoms with Crippen LogP contribution in [-0.2, 0) is 6.54 Å². The average Bonchev–Trinajstić information content (AvgIpc) is 2.72. The van der Waals surface area contributed by atoms with Crippen LogP contribution in [0.2, 0.25) is 0 Å². The number of hydrogen-bond donors (Lipinski definition) is 1. The lowest BCUT2D eigenvalue weighted by atomic mass is 10.2. The Morgan fingerprint density at radius 1 is 1.35 bits per heavy atom. The number of ether oxygens (including phenoxy) is 1. The fourth-order valence-electron chi connectivity index (χ4n) is 1.63. The first-order chi connectivity index (χ1) is 8.20. The molecule has 2 rings (SSSR count). The molecule has 1 aromatic heterocycles. The van der Waals surface area contributed by atoms with Crippen molar-refractivity contribution in [2.45, 2.75) is 20.4 Å². The number of nitrogens with one attached hydrogen (secondary N) is 1. The summed E-state index contributed by atoms with van der Waals surface area (Å²) in [7, 11) is 1.69. The second-order valence-electron chi connectivity index (χ2n) is 3.92. The van der Waals surface area contributed by atoms with Gasteiger partial charge in [-0.05, 0) is 31.5 Å². The summed E-state index contributed by atoms with van der Waals surface area (Å²) in [6.45, 7) is 4.89. The van der Waals surface area contributed by atoms with Crippen LogP contribution >= 0.6 is 11.3 Å². The summed E-state index contributed by atoms with van der Waals surface area (Å²) in [5.74, 6) is 0.873. The molecule has 0 fully saturated rings. The molecule has 0 unspecified atom stereocenters. The molecule has 2 aromatic rings. The number of rotatable bonds is 4. The van der Waals surface area contributed by atoms with Crippen LogP contribution in [0.5, 0.6) is 5.75 Å². The molecular weight excluding hydrogens is 232 g/mol. The van der Waals surface area contributed by atoms with E-state index in [-0.39, 0.29) is 0 Å². The molecule has 0 saturated carbocycles. The zero-order chi connectivity index (χ0) is 12.3. The summed E-state index contributed by atoms with van der Waals surface area (Å²) >= 11 is 1.67. The van der Waals surface area contributed by atoms with E-state index in [1.165, 1.54) is 10.4 Å². The summed E-state index contributed by atoms with van der Waals surface area (Å²) in [4.78, 5) is 5.49. The monoisotopic (exact) mass is 248 g/mol. The Balaban J connectivity index is 2.13. The maximum Gasteiger partial charge on any atom is 0.141 e. The Labute approximate surface area is 105 Å². The lowest BCUT2D eigenvalue weighted by molar-refractivity contribution is 0.416. The van der Waals surface area contributed by atoms with E-state index in [2.05, 4.69) is 23.3 Å². The maximum atomic E-state index is 5.33. The highest BCUT2D eigenvalue weighted by Gasteiger charge is 2.05. The summed E-state index contributed by atoms with van der Waals surface area (Å²) < 4.78 is 5.33. The molecule has 3 nitrogen and oxygen atoms in total. The number of thiazole rings is 1. The predicted molar refractivity (Wildman–Crippen MR) is 71.9 cm³/mol. The van der Waals surface area contributed by atoms with Crippen molar-refractivity contribution >= 4 is 17.0 Å². The predicted octanol–water partition coefficient (Wildman–Crippen LogP) is 3.38. The van der Waals surface area contributed by atoms with Gasteiger partial charge in [0.05, 0.1) is 30.5 Å². The van der Waals surface area contributed by atoms with Gasteiger partial charge in [-0.3, -0.25) is 0 Å². The van der Waals surface area contributed by atoms with Gasteiger partial charge in [-0.25, -0.2) is 4.98 Å². The minimum Gasteiger partial charge on any atom is -0.495 e. The van der Waals surface area contributed by atoms with Gasteiger partial charge in [0, 0.05) is 4.88 Å². The highest BCUT2D eigenvalue weighted by atomic mass is 32.1. The van der Waals surface area contributed by atoms with E-state index in [1.807, 2.05) is 24.6 Å². The Morgan fingerprint density at radius 3 is 2.82 bits per heavy atom. The normalized spacial score (nSPS) is 10.3. The van der Waals surface area contributed by atoms with E-state index in [0.717, 1.165) is 23.7 Å². The second-order valence-corrected chi connectivity index (χ2v) is 4.86. The van der Waals surface area contributed by atoms with Gasteiger partial charge < -0.3 is 10.1 Å². The maximum absolute atomic E-state index is 5.33. The van der Waals surface area contributed by atoms with E-state index < -0.39 is 0 Å². The molecule has 0 aliphatic carbocycles. The number of benzene rings is 1. The molecule has 0 radical (unpaired) electrons. The van der Waals surface area contributed by atoms with Crippen LogP contribution in [0.25, 0.3) is 0 Å². The van der Waals surface area contributed by atoms with Gasteiger partial charge in [-0.1, -0.05) is 6.07 Å². The van der Waals surface area contributed by atoms with Crippen molar-refractivity contribution in [3.63, 3.8) is 0 Å². The number of hydrogen-bond acceptors (Lipinski definition) is 4. The standard InChI is InChI=1S/C13H16N2OS/c1-9-4-5-12(16-3)11(6-9)14-7-13-10(2)15-8-17-13/h4-6,8,14H,7H2,1-3H3. The molecule has 1 N–H and O–H groups in total. The Morgan fingerprint density at radius 2 is 2.18 bits per heavy atom. The summed E-state index contributed by atoms with van der Waals surface area (Å²) in [5, 5.41) is 3.39. The molecule has 1 aromatic carbocycles. The van der Waals surface area contributed by atoms with Gasteiger partial charge in [0.2, 0.25) is 0 Å². The Kier molecular flexibility index (Phi) is 3.64. The van der Waals surface area contributed by atoms with Crippen LogP contribution in [0.4, 0.5) is 5.69 Å². The largest absolute Gasteiger partial charge is 0.495 e. The molecule has 0 saturated heterocycles. The van der Waals surface area contributed by atoms with Gasteiger partial charge in [0.15, 0.2) is 0 Å². The van der Waals surface area contributed by atoms with Crippen LogP contribution in [0, 0.1) is 13.8 Å². The molecule has 0 bridgehead atoms. The molecule has 0 aliphatic heterocycles. The third kappa shape index (κ3) is 2.77. The van der Waals surface area contributed by atoms with Gasteiger partial charge in [-0.15, -0.1) is 11.3 Å². The van der Waals surface area contributed by atoms with E-state index in [1.54, 1.807) is 18.4 Å². The van der Waals surface area contributed by atoms with E-state index in [4.69, 9.17) is 4.74 Å². The van der Waals surface area contributed by atoms with E-state index in [0.29, 0.717) is 0 Å². The Hall–Kier alpha value is -1.55. The molecule has 0 spiro atoms. The summed E-state index contributed by atoms with van der Waals surface area (Å²) in [6.07, 6.45) is 0. The fourth-order valence-corrected chi connectivity index (χ4v) is 2.35. The number of anilines is 1. The zero-order valence-corrected chi connectivity index (χ0v) is 11.1. The van der Waals surface area contributed by atoms with Gasteiger partial charge in [0.25, 0.3) is 0 Å². The number of nitrogens with zero attached hydrogens (tertiary/aromatic N) is 1. The van der Waals surface area contributed by atoms with Crippen molar-refractivity contribution < 1.29 is 4.74 Å². The molecule has 0 amide bonds. The molecule has 1 heterocycles. The van der Waals surface area contributed by atoms with Crippen molar-refractivity contribution in [1.82, 2.24) is 4.98 Å². The average molecular weight is 248 g/mol. The first-order valence-corrected chi connectivity index (χ1v) is 6.36. The smallest absolute Gasteiger partial charge is 0.141 e. The zero-order valence-electron chi connectivity index (χ0n) is 10.3. The fraction of sp³-hybridized carbons (Fsp3) is 0.308. The Bertz CT molecular complexity index is 508. The molecule has 17 heavy (non-hydrogen) atoms. The first-order valence-electron chi connectivity index (χ1n) is 5.48. The first kappa shape index (κ1) is 11.9. The molecule has 4 heteroatoms. The third-order valence-corrected chi connectivity index (χ3v) is 3.57. The van der Waals surface area contributed by atoms with Gasteiger partial charge in [-0.2, -0.15) is 0 Å². The molecule has 0 atom stereocenters. The lowest BCUT2D eigenvalue weighted by Crippen LogP contribution is -2.01. The third-order valence-electron chi connectivity index (χ3n) is 2.64. The van der Waals surface area contributed by atoms with Crippen molar-refractivity contribution in [2.24, 2.45) is 0 Å². The van der Waals surface area contributed by atoms with Crippen LogP contribution in [0.3, 0.4) is 0 Å². The van der Waals surface area contributed by atoms with Crippen molar-refractivity contribution in [1.29, 1.82) is 0 Å². The van der Waals surface area contributed by atoms with Crippen molar-refractivity contribution in [2.75, 3.05) is 12.4 Å². The SMILES string of the molecule is COc1ccc(C)cc1NCc1scnc1C. The van der Waals surface area contributed by atoms with Gasteiger partial charge >= 0.3 is 0 Å². The minimum atomic E-state index is 0.788. The second kappa shape index (κ2) is 5.19. The molecule has 0 aliphatic rings. The quantitative estimate of drug-likeness (QED) is 0.900. The highest BCUT2D eigenvalue weighted by Crippen LogP contribution is 2.26. The summed E-state index contributed by atoms with van der Waals surface area (Å²) in [5.41, 5.74) is 5.21. The topological polar surface area (TPSA) is 34.1 Å². The minimum absolute atomic E-state index is 0.788. The van der Waals surface area contributed by atoms with E-state index >= 15 is 0 Å². The number of aromatic nitrogens is 1. The van der Waals surface area contributed by atoms with Gasteiger partial charge in [0.1, 0.15) is 5.75 Å². The molecular formula is C13H16N2OS. The lowest BCUT2D eigenvalue weighted by Gasteiger charge is -2.11. The van der Waals surface area contributed by atoms with Crippen LogP contribution in [0.1, 0.15) is 16.1 Å².